The molecule has 2 aliphatic heterocycles. The first-order chi connectivity index (χ1) is 19.5. The number of nitrogens with zero attached hydrogens (tertiary/aromatic N) is 4. The molecule has 4 heterocycles. The van der Waals surface area contributed by atoms with E-state index in [1.165, 1.54) is 12.1 Å². The first-order valence-electron chi connectivity index (χ1n) is 13.3. The molecule has 1 aromatic carbocycles. The molecule has 41 heavy (non-hydrogen) atoms. The van der Waals surface area contributed by atoms with Crippen molar-refractivity contribution in [1.82, 2.24) is 25.0 Å². The normalized spacial score (nSPS) is 18.3. The Morgan fingerprint density at radius 3 is 2.68 bits per heavy atom. The molecule has 0 aliphatic carbocycles. The number of alkyl halides is 3. The average molecular weight is 574 g/mol. The second kappa shape index (κ2) is 11.5. The van der Waals surface area contributed by atoms with E-state index in [0.717, 1.165) is 17.3 Å². The first kappa shape index (κ1) is 28.6. The molecule has 1 fully saturated rings. The number of pyridine rings is 1. The molecule has 0 spiro atoms. The van der Waals surface area contributed by atoms with Crippen LogP contribution in [0.1, 0.15) is 40.4 Å². The Balaban J connectivity index is 1.47. The molecule has 13 heteroatoms. The second-order valence-corrected chi connectivity index (χ2v) is 10.5. The van der Waals surface area contributed by atoms with Gasteiger partial charge in [0.05, 0.1) is 28.7 Å². The number of hydrogen-bond acceptors (Lipinski definition) is 6. The molecular weight excluding hydrogens is 542 g/mol. The van der Waals surface area contributed by atoms with Gasteiger partial charge in [-0.3, -0.25) is 19.2 Å². The minimum Gasteiger partial charge on any atom is -0.367 e. The third-order valence-electron chi connectivity index (χ3n) is 7.32. The fourth-order valence-corrected chi connectivity index (χ4v) is 5.32. The number of aromatic amines is 1. The summed E-state index contributed by atoms with van der Waals surface area (Å²) < 4.78 is 58.3. The molecule has 9 nitrogen and oxygen atoms in total. The van der Waals surface area contributed by atoms with Crippen LogP contribution < -0.4 is 21.1 Å². The molecule has 2 aromatic heterocycles. The summed E-state index contributed by atoms with van der Waals surface area (Å²) in [5.41, 5.74) is -0.385. The summed E-state index contributed by atoms with van der Waals surface area (Å²) in [6.45, 7) is 5.57. The van der Waals surface area contributed by atoms with Crippen LogP contribution in [-0.4, -0.2) is 64.3 Å². The summed E-state index contributed by atoms with van der Waals surface area (Å²) in [5, 5.41) is 10.1. The van der Waals surface area contributed by atoms with Gasteiger partial charge < -0.3 is 20.5 Å². The Labute approximate surface area is 233 Å². The summed E-state index contributed by atoms with van der Waals surface area (Å²) in [6, 6.07) is 3.27. The summed E-state index contributed by atoms with van der Waals surface area (Å²) in [5.74, 6) is -1.54. The monoisotopic (exact) mass is 573 g/mol. The lowest BCUT2D eigenvalue weighted by atomic mass is 9.97. The van der Waals surface area contributed by atoms with Crippen molar-refractivity contribution in [2.45, 2.75) is 32.1 Å². The zero-order valence-electron chi connectivity index (χ0n) is 22.7. The molecule has 0 unspecified atom stereocenters. The maximum absolute atomic E-state index is 15.6. The lowest BCUT2D eigenvalue weighted by Gasteiger charge is -2.35. The van der Waals surface area contributed by atoms with Gasteiger partial charge in [-0.25, -0.2) is 4.39 Å². The minimum atomic E-state index is -4.92. The van der Waals surface area contributed by atoms with Gasteiger partial charge in [0.15, 0.2) is 0 Å². The van der Waals surface area contributed by atoms with E-state index in [0.29, 0.717) is 57.4 Å². The number of hydrogen-bond donors (Lipinski definition) is 3. The Hall–Kier alpha value is -3.97. The van der Waals surface area contributed by atoms with Gasteiger partial charge in [0, 0.05) is 81.9 Å². The van der Waals surface area contributed by atoms with Crippen molar-refractivity contribution in [1.29, 1.82) is 0 Å². The molecule has 2 aliphatic rings. The second-order valence-electron chi connectivity index (χ2n) is 10.5. The Bertz CT molecular complexity index is 1530. The van der Waals surface area contributed by atoms with Crippen molar-refractivity contribution in [3.63, 3.8) is 0 Å². The van der Waals surface area contributed by atoms with E-state index in [9.17, 15) is 22.8 Å². The van der Waals surface area contributed by atoms with Gasteiger partial charge in [-0.2, -0.15) is 18.3 Å². The largest absolute Gasteiger partial charge is 0.417 e. The van der Waals surface area contributed by atoms with Crippen molar-refractivity contribution < 1.29 is 22.4 Å². The highest BCUT2D eigenvalue weighted by Gasteiger charge is 2.36. The fraction of sp³-hybridized carbons (Fsp3) is 0.393. The molecule has 1 saturated heterocycles. The van der Waals surface area contributed by atoms with Crippen LogP contribution in [0.5, 0.6) is 0 Å². The molecule has 0 radical (unpaired) electrons. The fourth-order valence-electron chi connectivity index (χ4n) is 5.32. The van der Waals surface area contributed by atoms with Gasteiger partial charge in [-0.05, 0) is 31.1 Å². The number of amides is 1. The van der Waals surface area contributed by atoms with Crippen molar-refractivity contribution in [3.05, 3.63) is 81.3 Å². The molecule has 3 aromatic rings. The van der Waals surface area contributed by atoms with Crippen molar-refractivity contribution >= 4 is 22.9 Å². The number of rotatable bonds is 6. The SMILES string of the molecule is C[C@H]1CN(c2cc(F)c(C3=CCN(Cc4cnn(C)c4)CC3)cc2NC(=O)c2c[nH]c(=O)cc2C(F)(F)F)CCN1. The number of nitrogens with one attached hydrogen (secondary N) is 3. The van der Waals surface area contributed by atoms with Crippen LogP contribution in [0.15, 0.2) is 47.7 Å². The van der Waals surface area contributed by atoms with Crippen LogP contribution in [0.4, 0.5) is 28.9 Å². The predicted octanol–water partition coefficient (Wildman–Crippen LogP) is 3.61. The van der Waals surface area contributed by atoms with Crippen LogP contribution in [0, 0.1) is 5.82 Å². The molecular formula is C28H31F4N7O2. The third kappa shape index (κ3) is 6.51. The highest BCUT2D eigenvalue weighted by atomic mass is 19.4. The molecule has 0 bridgehead atoms. The van der Waals surface area contributed by atoms with Crippen LogP contribution in [0.3, 0.4) is 0 Å². The summed E-state index contributed by atoms with van der Waals surface area (Å²) >= 11 is 0. The maximum atomic E-state index is 15.6. The number of carbonyl (C=O) groups excluding carboxylic acids is 1. The van der Waals surface area contributed by atoms with Gasteiger partial charge in [-0.15, -0.1) is 0 Å². The van der Waals surface area contributed by atoms with E-state index in [1.807, 2.05) is 31.1 Å². The maximum Gasteiger partial charge on any atom is 0.417 e. The van der Waals surface area contributed by atoms with E-state index >= 15 is 4.39 Å². The zero-order chi connectivity index (χ0) is 29.3. The quantitative estimate of drug-likeness (QED) is 0.390. The Morgan fingerprint density at radius 2 is 2.02 bits per heavy atom. The predicted molar refractivity (Wildman–Crippen MR) is 147 cm³/mol. The van der Waals surface area contributed by atoms with Gasteiger partial charge in [0.25, 0.3) is 5.91 Å². The highest BCUT2D eigenvalue weighted by molar-refractivity contribution is 6.07. The van der Waals surface area contributed by atoms with Gasteiger partial charge in [0.2, 0.25) is 5.56 Å². The summed E-state index contributed by atoms with van der Waals surface area (Å²) in [4.78, 5) is 31.0. The standard InChI is InChI=1S/C28H31F4N7O2/c1-17-14-39(8-5-33-17)25-11-23(29)20(19-3-6-38(7-4-19)16-18-12-35-37(2)15-18)9-24(25)36-27(41)21-13-34-26(40)10-22(21)28(30,31)32/h3,9-13,15,17,33H,4-8,14,16H2,1-2H3,(H,34,40)(H,36,41)/t17-/m0/s1. The van der Waals surface area contributed by atoms with E-state index < -0.39 is 34.6 Å². The molecule has 1 atom stereocenters. The van der Waals surface area contributed by atoms with Gasteiger partial charge in [-0.1, -0.05) is 6.08 Å². The van der Waals surface area contributed by atoms with E-state index in [1.54, 1.807) is 10.9 Å². The minimum absolute atomic E-state index is 0.0814. The van der Waals surface area contributed by atoms with Crippen LogP contribution >= 0.6 is 0 Å². The van der Waals surface area contributed by atoms with E-state index in [-0.39, 0.29) is 17.3 Å². The number of carbonyl (C=O) groups is 1. The lowest BCUT2D eigenvalue weighted by molar-refractivity contribution is -0.138. The number of benzene rings is 1. The van der Waals surface area contributed by atoms with Crippen LogP contribution in [0.2, 0.25) is 0 Å². The number of halogens is 4. The third-order valence-corrected chi connectivity index (χ3v) is 7.32. The number of piperazine rings is 1. The van der Waals surface area contributed by atoms with Crippen molar-refractivity contribution in [2.24, 2.45) is 7.05 Å². The first-order valence-corrected chi connectivity index (χ1v) is 13.3. The van der Waals surface area contributed by atoms with Crippen molar-refractivity contribution in [3.8, 4) is 0 Å². The van der Waals surface area contributed by atoms with Gasteiger partial charge in [0.1, 0.15) is 5.82 Å². The number of aromatic nitrogens is 3. The summed E-state index contributed by atoms with van der Waals surface area (Å²) in [7, 11) is 1.85. The number of anilines is 2. The molecule has 0 saturated carbocycles. The zero-order valence-corrected chi connectivity index (χ0v) is 22.7. The topological polar surface area (TPSA) is 98.3 Å². The van der Waals surface area contributed by atoms with Crippen LogP contribution in [-0.2, 0) is 19.8 Å². The average Bonchev–Trinajstić information content (AvgIpc) is 3.33. The lowest BCUT2D eigenvalue weighted by Crippen LogP contribution is -2.49. The number of aryl methyl sites for hydroxylation is 1. The Morgan fingerprint density at radius 1 is 1.22 bits per heavy atom. The highest BCUT2D eigenvalue weighted by Crippen LogP contribution is 2.36. The Kier molecular flexibility index (Phi) is 8.00. The van der Waals surface area contributed by atoms with Crippen LogP contribution in [0.25, 0.3) is 5.57 Å². The van der Waals surface area contributed by atoms with E-state index in [2.05, 4.69) is 25.6 Å². The molecule has 1 amide bonds. The summed E-state index contributed by atoms with van der Waals surface area (Å²) in [6.07, 6.45) is 2.05. The molecule has 3 N–H and O–H groups in total. The number of H-pyrrole nitrogens is 1. The van der Waals surface area contributed by atoms with Gasteiger partial charge >= 0.3 is 6.18 Å². The molecule has 218 valence electrons. The smallest absolute Gasteiger partial charge is 0.367 e. The van der Waals surface area contributed by atoms with Crippen molar-refractivity contribution in [2.75, 3.05) is 42.9 Å². The molecule has 5 rings (SSSR count). The van der Waals surface area contributed by atoms with E-state index in [4.69, 9.17) is 0 Å².